The summed E-state index contributed by atoms with van der Waals surface area (Å²) >= 11 is 6.08. The first kappa shape index (κ1) is 26.3. The number of pyridine rings is 1. The summed E-state index contributed by atoms with van der Waals surface area (Å²) in [6.07, 6.45) is 2.98. The number of para-hydroxylation sites is 1. The van der Waals surface area contributed by atoms with Crippen LogP contribution in [0.3, 0.4) is 0 Å². The Balaban J connectivity index is 1.06. The van der Waals surface area contributed by atoms with E-state index in [1.807, 2.05) is 25.1 Å². The summed E-state index contributed by atoms with van der Waals surface area (Å²) in [4.78, 5) is 14.6. The third-order valence-electron chi connectivity index (χ3n) is 9.09. The van der Waals surface area contributed by atoms with Gasteiger partial charge in [0.1, 0.15) is 11.5 Å². The molecule has 2 aromatic heterocycles. The van der Waals surface area contributed by atoms with E-state index in [9.17, 15) is 0 Å². The molecule has 218 valence electrons. The molecule has 4 unspecified atom stereocenters. The highest BCUT2D eigenvalue weighted by molar-refractivity contribution is 6.30. The van der Waals surface area contributed by atoms with Crippen LogP contribution in [0.1, 0.15) is 30.4 Å². The second-order valence-corrected chi connectivity index (χ2v) is 12.3. The van der Waals surface area contributed by atoms with Gasteiger partial charge in [-0.3, -0.25) is 9.88 Å². The standard InChI is InChI=1S/C32H34ClN5O4/c1-20-6-8-23-25(14-20)38(16-22-10-13-40-22)30(35-23)17-36-11-12-37(27-19-39-18-26(27)36)24-4-3-5-28-31(24)42-32(2,41-28)29-9-7-21(33)15-34-29/h3-9,14-15,22,26-27H,10-13,16-19H2,1-2H3. The van der Waals surface area contributed by atoms with Crippen molar-refractivity contribution < 1.29 is 18.9 Å². The molecule has 3 fully saturated rings. The van der Waals surface area contributed by atoms with E-state index in [4.69, 9.17) is 35.5 Å². The molecule has 0 spiro atoms. The highest BCUT2D eigenvalue weighted by Crippen LogP contribution is 2.50. The maximum Gasteiger partial charge on any atom is 0.292 e. The van der Waals surface area contributed by atoms with Gasteiger partial charge >= 0.3 is 0 Å². The number of piperazine rings is 1. The van der Waals surface area contributed by atoms with E-state index >= 15 is 0 Å². The van der Waals surface area contributed by atoms with Gasteiger partial charge in [0, 0.05) is 32.8 Å². The number of imidazole rings is 1. The minimum absolute atomic E-state index is 0.185. The average Bonchev–Trinajstić information content (AvgIpc) is 3.67. The Morgan fingerprint density at radius 2 is 1.93 bits per heavy atom. The molecular formula is C32H34ClN5O4. The Kier molecular flexibility index (Phi) is 6.33. The molecule has 4 atom stereocenters. The predicted molar refractivity (Wildman–Crippen MR) is 159 cm³/mol. The number of nitrogens with zero attached hydrogens (tertiary/aromatic N) is 5. The van der Waals surface area contributed by atoms with Crippen LogP contribution in [-0.2, 0) is 28.4 Å². The van der Waals surface area contributed by atoms with E-state index in [1.165, 1.54) is 11.1 Å². The molecule has 6 heterocycles. The number of hydrogen-bond acceptors (Lipinski definition) is 8. The van der Waals surface area contributed by atoms with Crippen LogP contribution >= 0.6 is 11.6 Å². The Morgan fingerprint density at radius 1 is 1.05 bits per heavy atom. The van der Waals surface area contributed by atoms with Gasteiger partial charge in [-0.25, -0.2) is 4.98 Å². The van der Waals surface area contributed by atoms with E-state index in [0.717, 1.165) is 62.0 Å². The van der Waals surface area contributed by atoms with Crippen LogP contribution in [0.15, 0.2) is 54.7 Å². The number of aromatic nitrogens is 3. The fraction of sp³-hybridized carbons (Fsp3) is 0.438. The number of halogens is 1. The van der Waals surface area contributed by atoms with Crippen molar-refractivity contribution in [2.24, 2.45) is 0 Å². The van der Waals surface area contributed by atoms with Gasteiger partial charge in [0.15, 0.2) is 11.5 Å². The number of aryl methyl sites for hydroxylation is 1. The molecule has 42 heavy (non-hydrogen) atoms. The molecule has 9 nitrogen and oxygen atoms in total. The molecule has 10 heteroatoms. The minimum Gasteiger partial charge on any atom is -0.443 e. The average molecular weight is 588 g/mol. The van der Waals surface area contributed by atoms with Crippen molar-refractivity contribution in [2.45, 2.75) is 57.3 Å². The number of rotatable bonds is 6. The molecule has 0 N–H and O–H groups in total. The summed E-state index contributed by atoms with van der Waals surface area (Å²) in [5.74, 6) is 1.52. The van der Waals surface area contributed by atoms with Crippen LogP contribution in [-0.4, -0.2) is 70.5 Å². The molecule has 4 aliphatic rings. The Hall–Kier alpha value is -3.37. The molecule has 0 aliphatic carbocycles. The Labute approximate surface area is 249 Å². The highest BCUT2D eigenvalue weighted by atomic mass is 35.5. The first-order valence-corrected chi connectivity index (χ1v) is 15.1. The molecule has 4 aromatic rings. The minimum atomic E-state index is -1.03. The monoisotopic (exact) mass is 587 g/mol. The van der Waals surface area contributed by atoms with Crippen molar-refractivity contribution in [3.05, 3.63) is 76.8 Å². The topological polar surface area (TPSA) is 74.1 Å². The molecule has 0 amide bonds. The smallest absolute Gasteiger partial charge is 0.292 e. The Morgan fingerprint density at radius 3 is 2.74 bits per heavy atom. The van der Waals surface area contributed by atoms with Gasteiger partial charge in [-0.05, 0) is 55.3 Å². The van der Waals surface area contributed by atoms with Gasteiger partial charge in [0.05, 0.1) is 66.2 Å². The summed E-state index contributed by atoms with van der Waals surface area (Å²) in [6, 6.07) is 16.7. The van der Waals surface area contributed by atoms with Gasteiger partial charge in [0.25, 0.3) is 5.79 Å². The van der Waals surface area contributed by atoms with E-state index in [0.29, 0.717) is 29.7 Å². The fourth-order valence-corrected chi connectivity index (χ4v) is 6.86. The van der Waals surface area contributed by atoms with Crippen molar-refractivity contribution in [3.8, 4) is 11.5 Å². The molecule has 0 radical (unpaired) electrons. The molecule has 2 aromatic carbocycles. The lowest BCUT2D eigenvalue weighted by Crippen LogP contribution is -2.59. The summed E-state index contributed by atoms with van der Waals surface area (Å²) in [7, 11) is 0. The second kappa shape index (κ2) is 10.1. The molecule has 0 saturated carbocycles. The van der Waals surface area contributed by atoms with E-state index in [2.05, 4.69) is 50.5 Å². The lowest BCUT2D eigenvalue weighted by molar-refractivity contribution is -0.0716. The van der Waals surface area contributed by atoms with E-state index in [1.54, 1.807) is 12.3 Å². The van der Waals surface area contributed by atoms with Gasteiger partial charge < -0.3 is 28.4 Å². The number of fused-ring (bicyclic) bond motifs is 3. The van der Waals surface area contributed by atoms with Crippen molar-refractivity contribution in [3.63, 3.8) is 0 Å². The van der Waals surface area contributed by atoms with Crippen molar-refractivity contribution in [1.29, 1.82) is 0 Å². The van der Waals surface area contributed by atoms with Gasteiger partial charge in [-0.15, -0.1) is 0 Å². The van der Waals surface area contributed by atoms with Crippen LogP contribution < -0.4 is 14.4 Å². The Bertz CT molecular complexity index is 1640. The molecule has 8 rings (SSSR count). The third kappa shape index (κ3) is 4.41. The summed E-state index contributed by atoms with van der Waals surface area (Å²) in [5.41, 5.74) is 5.17. The maximum atomic E-state index is 6.54. The number of hydrogen-bond donors (Lipinski definition) is 0. The van der Waals surface area contributed by atoms with Crippen molar-refractivity contribution >= 4 is 28.3 Å². The van der Waals surface area contributed by atoms with Gasteiger partial charge in [0.2, 0.25) is 0 Å². The quantitative estimate of drug-likeness (QED) is 0.315. The molecule has 4 aliphatic heterocycles. The van der Waals surface area contributed by atoms with Gasteiger partial charge in [-0.1, -0.05) is 23.7 Å². The lowest BCUT2D eigenvalue weighted by atomic mass is 10.0. The summed E-state index contributed by atoms with van der Waals surface area (Å²) < 4.78 is 27.2. The van der Waals surface area contributed by atoms with Crippen molar-refractivity contribution in [2.75, 3.05) is 37.8 Å². The van der Waals surface area contributed by atoms with E-state index in [-0.39, 0.29) is 18.2 Å². The maximum absolute atomic E-state index is 6.54. The second-order valence-electron chi connectivity index (χ2n) is 11.9. The molecule has 0 bridgehead atoms. The van der Waals surface area contributed by atoms with Crippen LogP contribution in [0.5, 0.6) is 11.5 Å². The summed E-state index contributed by atoms with van der Waals surface area (Å²) in [5, 5.41) is 0.575. The predicted octanol–water partition coefficient (Wildman–Crippen LogP) is 4.92. The third-order valence-corrected chi connectivity index (χ3v) is 9.31. The number of ether oxygens (including phenoxy) is 4. The summed E-state index contributed by atoms with van der Waals surface area (Å²) in [6.45, 7) is 9.56. The van der Waals surface area contributed by atoms with Crippen LogP contribution in [0, 0.1) is 6.92 Å². The molecule has 3 saturated heterocycles. The fourth-order valence-electron chi connectivity index (χ4n) is 6.75. The highest BCUT2D eigenvalue weighted by Gasteiger charge is 2.46. The molecular weight excluding hydrogens is 554 g/mol. The van der Waals surface area contributed by atoms with Crippen molar-refractivity contribution in [1.82, 2.24) is 19.4 Å². The van der Waals surface area contributed by atoms with Crippen LogP contribution in [0.25, 0.3) is 11.0 Å². The normalized spacial score (nSPS) is 26.9. The SMILES string of the molecule is Cc1ccc2nc(CN3CCN(c4cccc5c4OC(C)(c4ccc(Cl)cn4)O5)C4COCC43)n(CC3CCO3)c2c1. The zero-order valence-electron chi connectivity index (χ0n) is 23.8. The van der Waals surface area contributed by atoms with Crippen LogP contribution in [0.4, 0.5) is 5.69 Å². The van der Waals surface area contributed by atoms with Gasteiger partial charge in [-0.2, -0.15) is 0 Å². The lowest BCUT2D eigenvalue weighted by Gasteiger charge is -2.44. The van der Waals surface area contributed by atoms with Crippen LogP contribution in [0.2, 0.25) is 5.02 Å². The first-order valence-electron chi connectivity index (χ1n) is 14.7. The largest absolute Gasteiger partial charge is 0.443 e. The van der Waals surface area contributed by atoms with E-state index < -0.39 is 5.79 Å². The number of anilines is 1. The zero-order valence-corrected chi connectivity index (χ0v) is 24.6. The number of benzene rings is 2. The first-order chi connectivity index (χ1) is 20.4. The zero-order chi connectivity index (χ0) is 28.4.